The molecule has 18 nitrogen and oxygen atoms in total. The normalized spacial score (nSPS) is 20.0. The molecule has 1 aliphatic carbocycles. The zero-order valence-corrected chi connectivity index (χ0v) is 38.7. The Morgan fingerprint density at radius 3 is 2.49 bits per heavy atom. The first-order chi connectivity index (χ1) is 32.6. The van der Waals surface area contributed by atoms with Crippen molar-refractivity contribution in [1.82, 2.24) is 45.2 Å². The quantitative estimate of drug-likeness (QED) is 0.0797. The molecule has 1 unspecified atom stereocenters. The highest BCUT2D eigenvalue weighted by atomic mass is 16.5. The van der Waals surface area contributed by atoms with E-state index < -0.39 is 29.7 Å². The van der Waals surface area contributed by atoms with Gasteiger partial charge in [-0.3, -0.25) is 38.8 Å². The fraction of sp³-hybridized carbons (Fsp3) is 0.531. The fourth-order valence-electron chi connectivity index (χ4n) is 10.4. The van der Waals surface area contributed by atoms with Crippen molar-refractivity contribution in [2.75, 3.05) is 50.1 Å². The molecule has 3 N–H and O–H groups in total. The SMILES string of the molecule is CC[C@@H]1c2nnc(C)n2-c2cnc(Nc3ccc(C(=O)NC4CCN(CCCCCCOc5cccc6c5C(=O)N(C5CCC(=O)NC5=O)C6=O)CC4)cc3OC)nc2N1CC1CCCCC1. The van der Waals surface area contributed by atoms with Crippen LogP contribution >= 0.6 is 0 Å². The van der Waals surface area contributed by atoms with Crippen LogP contribution in [-0.4, -0.2) is 116 Å². The number of rotatable bonds is 17. The summed E-state index contributed by atoms with van der Waals surface area (Å²) in [6.07, 6.45) is 14.7. The Kier molecular flexibility index (Phi) is 13.8. The Bertz CT molecular complexity index is 2510. The molecule has 5 amide bonds. The van der Waals surface area contributed by atoms with E-state index in [-0.39, 0.29) is 42.0 Å². The summed E-state index contributed by atoms with van der Waals surface area (Å²) in [5.41, 5.74) is 2.44. The van der Waals surface area contributed by atoms with Crippen LogP contribution in [-0.2, 0) is 9.59 Å². The van der Waals surface area contributed by atoms with Crippen LogP contribution < -0.4 is 30.3 Å². The van der Waals surface area contributed by atoms with Gasteiger partial charge in [-0.2, -0.15) is 4.98 Å². The van der Waals surface area contributed by atoms with Crippen molar-refractivity contribution in [3.05, 3.63) is 70.9 Å². The maximum atomic E-state index is 13.5. The summed E-state index contributed by atoms with van der Waals surface area (Å²) in [5.74, 6) is 2.19. The molecule has 9 rings (SSSR count). The fourth-order valence-corrected chi connectivity index (χ4v) is 10.4. The summed E-state index contributed by atoms with van der Waals surface area (Å²) in [6.45, 7) is 8.23. The zero-order valence-electron chi connectivity index (χ0n) is 38.7. The number of fused-ring (bicyclic) bond motifs is 4. The lowest BCUT2D eigenvalue weighted by Crippen LogP contribution is -2.54. The van der Waals surface area contributed by atoms with Crippen molar-refractivity contribution in [3.63, 3.8) is 0 Å². The van der Waals surface area contributed by atoms with Gasteiger partial charge >= 0.3 is 0 Å². The van der Waals surface area contributed by atoms with E-state index in [1.807, 2.05) is 19.2 Å². The third-order valence-corrected chi connectivity index (χ3v) is 14.0. The van der Waals surface area contributed by atoms with E-state index in [4.69, 9.17) is 19.4 Å². The Hall–Kier alpha value is -6.43. The standard InChI is InChI=1S/C49H61N11O7/c1-4-36-44-56-55-30(2)59(44)38-28-50-49(54-43(38)58(36)29-31-13-8-7-9-14-31)52-35-18-17-32(27-40(35)66-3)45(62)51-33-21-24-57(25-22-33)23-10-5-6-11-26-67-39-16-12-15-34-42(39)48(65)60(47(34)64)37-19-20-41(61)53-46(37)63/h12,15-18,27-28,31,33,36-37H,4-11,13-14,19-26,29H2,1-3H3,(H,51,62)(H,50,52,54)(H,53,61,63)/t36-,37?/m1/s1. The average Bonchev–Trinajstić information content (AvgIpc) is 3.85. The number of nitrogens with zero attached hydrogens (tertiary/aromatic N) is 8. The number of carbonyl (C=O) groups is 5. The molecule has 354 valence electrons. The minimum absolute atomic E-state index is 0.0573. The van der Waals surface area contributed by atoms with Gasteiger partial charge in [-0.15, -0.1) is 10.2 Å². The lowest BCUT2D eigenvalue weighted by molar-refractivity contribution is -0.136. The Labute approximate surface area is 390 Å². The van der Waals surface area contributed by atoms with Crippen LogP contribution in [0.4, 0.5) is 17.5 Å². The number of ether oxygens (including phenoxy) is 2. The number of anilines is 3. The number of imide groups is 2. The molecule has 6 heterocycles. The summed E-state index contributed by atoms with van der Waals surface area (Å²) in [5, 5.41) is 17.9. The van der Waals surface area contributed by atoms with E-state index >= 15 is 0 Å². The summed E-state index contributed by atoms with van der Waals surface area (Å²) in [6, 6.07) is 9.43. The van der Waals surface area contributed by atoms with E-state index in [1.165, 1.54) is 32.1 Å². The number of aryl methyl sites for hydroxylation is 1. The lowest BCUT2D eigenvalue weighted by Gasteiger charge is -2.39. The van der Waals surface area contributed by atoms with Gasteiger partial charge < -0.3 is 29.9 Å². The number of nitrogens with one attached hydrogen (secondary N) is 3. The molecule has 1 saturated carbocycles. The highest BCUT2D eigenvalue weighted by Crippen LogP contribution is 2.41. The van der Waals surface area contributed by atoms with Gasteiger partial charge in [-0.1, -0.05) is 45.1 Å². The van der Waals surface area contributed by atoms with Crippen LogP contribution in [0.15, 0.2) is 42.6 Å². The van der Waals surface area contributed by atoms with E-state index in [0.717, 1.165) is 99.2 Å². The number of likely N-dealkylation sites (tertiary alicyclic amines) is 1. The van der Waals surface area contributed by atoms with Gasteiger partial charge in [-0.05, 0) is 101 Å². The number of carbonyl (C=O) groups excluding carboxylic acids is 5. The van der Waals surface area contributed by atoms with Crippen LogP contribution in [0.1, 0.15) is 146 Å². The van der Waals surface area contributed by atoms with Crippen LogP contribution in [0.5, 0.6) is 11.5 Å². The van der Waals surface area contributed by atoms with E-state index in [0.29, 0.717) is 41.2 Å². The topological polar surface area (TPSA) is 206 Å². The molecule has 4 aromatic rings. The Balaban J connectivity index is 0.722. The van der Waals surface area contributed by atoms with Crippen molar-refractivity contribution >= 4 is 47.0 Å². The predicted octanol–water partition coefficient (Wildman–Crippen LogP) is 6.20. The number of hydrogen-bond acceptors (Lipinski definition) is 14. The summed E-state index contributed by atoms with van der Waals surface area (Å²) in [4.78, 5) is 79.7. The van der Waals surface area contributed by atoms with E-state index in [1.54, 1.807) is 37.4 Å². The number of piperidine rings is 2. The van der Waals surface area contributed by atoms with Crippen molar-refractivity contribution in [3.8, 4) is 17.2 Å². The van der Waals surface area contributed by atoms with Gasteiger partial charge in [0, 0.05) is 37.7 Å². The first-order valence-corrected chi connectivity index (χ1v) is 24.1. The van der Waals surface area contributed by atoms with Gasteiger partial charge in [0.15, 0.2) is 11.6 Å². The molecule has 0 bridgehead atoms. The van der Waals surface area contributed by atoms with Crippen molar-refractivity contribution in [2.45, 2.75) is 122 Å². The van der Waals surface area contributed by atoms with E-state index in [9.17, 15) is 24.0 Å². The number of unbranched alkanes of at least 4 members (excludes halogenated alkanes) is 3. The smallest absolute Gasteiger partial charge is 0.266 e. The summed E-state index contributed by atoms with van der Waals surface area (Å²) in [7, 11) is 1.59. The van der Waals surface area contributed by atoms with Gasteiger partial charge in [-0.25, -0.2) is 4.98 Å². The van der Waals surface area contributed by atoms with Gasteiger partial charge in [0.2, 0.25) is 17.8 Å². The van der Waals surface area contributed by atoms with Gasteiger partial charge in [0.25, 0.3) is 17.7 Å². The van der Waals surface area contributed by atoms with Crippen LogP contribution in [0, 0.1) is 12.8 Å². The number of hydrogen-bond donors (Lipinski definition) is 3. The monoisotopic (exact) mass is 915 g/mol. The lowest BCUT2D eigenvalue weighted by atomic mass is 9.88. The highest BCUT2D eigenvalue weighted by molar-refractivity contribution is 6.24. The third-order valence-electron chi connectivity index (χ3n) is 14.0. The maximum absolute atomic E-state index is 13.5. The summed E-state index contributed by atoms with van der Waals surface area (Å²) >= 11 is 0. The highest BCUT2D eigenvalue weighted by Gasteiger charge is 2.46. The number of aromatic nitrogens is 5. The Morgan fingerprint density at radius 1 is 0.910 bits per heavy atom. The van der Waals surface area contributed by atoms with Crippen molar-refractivity contribution < 1.29 is 33.4 Å². The van der Waals surface area contributed by atoms with Crippen molar-refractivity contribution in [2.24, 2.45) is 5.92 Å². The molecule has 0 radical (unpaired) electrons. The number of methoxy groups -OCH3 is 1. The second-order valence-electron chi connectivity index (χ2n) is 18.4. The Morgan fingerprint density at radius 2 is 1.72 bits per heavy atom. The summed E-state index contributed by atoms with van der Waals surface area (Å²) < 4.78 is 13.9. The molecule has 3 fully saturated rings. The van der Waals surface area contributed by atoms with Gasteiger partial charge in [0.05, 0.1) is 42.8 Å². The predicted molar refractivity (Wildman–Crippen MR) is 249 cm³/mol. The first-order valence-electron chi connectivity index (χ1n) is 24.1. The van der Waals surface area contributed by atoms with Crippen molar-refractivity contribution in [1.29, 1.82) is 0 Å². The molecule has 2 saturated heterocycles. The molecule has 18 heteroatoms. The molecule has 4 aliphatic heterocycles. The molecular weight excluding hydrogens is 855 g/mol. The minimum atomic E-state index is -1.02. The number of amides is 5. The third kappa shape index (κ3) is 9.58. The minimum Gasteiger partial charge on any atom is -0.495 e. The second kappa shape index (κ2) is 20.2. The largest absolute Gasteiger partial charge is 0.495 e. The van der Waals surface area contributed by atoms with E-state index in [2.05, 4.69) is 47.4 Å². The molecule has 0 spiro atoms. The molecule has 2 atom stereocenters. The molecular formula is C49H61N11O7. The molecule has 5 aliphatic rings. The van der Waals surface area contributed by atoms with Crippen LogP contribution in [0.3, 0.4) is 0 Å². The average molecular weight is 916 g/mol. The first kappa shape index (κ1) is 45.7. The van der Waals surface area contributed by atoms with Crippen LogP contribution in [0.25, 0.3) is 5.69 Å². The molecule has 2 aromatic carbocycles. The number of benzene rings is 2. The molecule has 2 aromatic heterocycles. The second-order valence-corrected chi connectivity index (χ2v) is 18.4. The zero-order chi connectivity index (χ0) is 46.6. The van der Waals surface area contributed by atoms with Crippen LogP contribution in [0.2, 0.25) is 0 Å². The molecule has 67 heavy (non-hydrogen) atoms. The maximum Gasteiger partial charge on any atom is 0.266 e. The van der Waals surface area contributed by atoms with Gasteiger partial charge in [0.1, 0.15) is 29.1 Å².